The summed E-state index contributed by atoms with van der Waals surface area (Å²) in [6.07, 6.45) is 2.16. The fourth-order valence-electron chi connectivity index (χ4n) is 3.57. The second-order valence-corrected chi connectivity index (χ2v) is 7.42. The first-order valence-corrected chi connectivity index (χ1v) is 9.41. The molecule has 6 nitrogen and oxygen atoms in total. The smallest absolute Gasteiger partial charge is 0.351 e. The summed E-state index contributed by atoms with van der Waals surface area (Å²) in [7, 11) is 0. The Bertz CT molecular complexity index is 903. The lowest BCUT2D eigenvalue weighted by atomic mass is 9.78. The van der Waals surface area contributed by atoms with E-state index in [0.717, 1.165) is 19.3 Å². The number of hydrogen-bond acceptors (Lipinski definition) is 5. The van der Waals surface area contributed by atoms with Gasteiger partial charge in [0, 0.05) is 11.4 Å². The van der Waals surface area contributed by atoms with Crippen molar-refractivity contribution in [2.75, 3.05) is 0 Å². The Morgan fingerprint density at radius 3 is 2.74 bits per heavy atom. The van der Waals surface area contributed by atoms with Gasteiger partial charge >= 0.3 is 11.6 Å². The topological polar surface area (TPSA) is 85.6 Å². The van der Waals surface area contributed by atoms with Crippen LogP contribution >= 0.6 is 0 Å². The monoisotopic (exact) mass is 371 g/mol. The van der Waals surface area contributed by atoms with Gasteiger partial charge in [0.1, 0.15) is 11.1 Å². The fourth-order valence-corrected chi connectivity index (χ4v) is 3.57. The summed E-state index contributed by atoms with van der Waals surface area (Å²) >= 11 is 0. The van der Waals surface area contributed by atoms with Crippen LogP contribution in [0.15, 0.2) is 39.5 Å². The first kappa shape index (κ1) is 19.1. The Morgan fingerprint density at radius 1 is 1.22 bits per heavy atom. The molecule has 1 aromatic carbocycles. The highest BCUT2D eigenvalue weighted by Crippen LogP contribution is 2.29. The first-order valence-electron chi connectivity index (χ1n) is 9.41. The number of carbonyl (C=O) groups excluding carboxylic acids is 2. The zero-order chi connectivity index (χ0) is 19.6. The van der Waals surface area contributed by atoms with E-state index in [1.165, 1.54) is 13.0 Å². The molecule has 4 atom stereocenters. The number of benzene rings is 1. The van der Waals surface area contributed by atoms with Crippen molar-refractivity contribution in [3.63, 3.8) is 0 Å². The van der Waals surface area contributed by atoms with Crippen molar-refractivity contribution in [3.05, 3.63) is 46.3 Å². The van der Waals surface area contributed by atoms with Gasteiger partial charge in [-0.05, 0) is 37.3 Å². The van der Waals surface area contributed by atoms with Gasteiger partial charge in [0.25, 0.3) is 5.91 Å². The molecule has 1 amide bonds. The number of hydrogen-bond donors (Lipinski definition) is 1. The lowest BCUT2D eigenvalue weighted by Crippen LogP contribution is -2.47. The van der Waals surface area contributed by atoms with Gasteiger partial charge in [0.05, 0.1) is 0 Å². The van der Waals surface area contributed by atoms with Crippen molar-refractivity contribution < 1.29 is 18.7 Å². The van der Waals surface area contributed by atoms with E-state index in [0.29, 0.717) is 22.8 Å². The van der Waals surface area contributed by atoms with Gasteiger partial charge < -0.3 is 14.5 Å². The second-order valence-electron chi connectivity index (χ2n) is 7.42. The summed E-state index contributed by atoms with van der Waals surface area (Å²) in [5, 5.41) is 3.60. The number of esters is 1. The number of nitrogens with one attached hydrogen (secondary N) is 1. The summed E-state index contributed by atoms with van der Waals surface area (Å²) < 4.78 is 10.4. The number of para-hydroxylation sites is 1. The van der Waals surface area contributed by atoms with Crippen molar-refractivity contribution >= 4 is 22.8 Å². The van der Waals surface area contributed by atoms with Crippen LogP contribution in [0.2, 0.25) is 0 Å². The Kier molecular flexibility index (Phi) is 5.63. The van der Waals surface area contributed by atoms with E-state index in [2.05, 4.69) is 19.2 Å². The van der Waals surface area contributed by atoms with Crippen LogP contribution in [0.4, 0.5) is 0 Å². The second kappa shape index (κ2) is 7.94. The van der Waals surface area contributed by atoms with Crippen molar-refractivity contribution in [2.45, 2.75) is 52.2 Å². The molecular formula is C21H25NO5. The molecule has 1 fully saturated rings. The molecule has 1 aromatic heterocycles. The van der Waals surface area contributed by atoms with Gasteiger partial charge in [-0.2, -0.15) is 0 Å². The number of ether oxygens (including phenoxy) is 1. The molecule has 3 rings (SSSR count). The van der Waals surface area contributed by atoms with E-state index in [-0.39, 0.29) is 17.5 Å². The highest BCUT2D eigenvalue weighted by molar-refractivity contribution is 5.94. The zero-order valence-corrected chi connectivity index (χ0v) is 15.9. The maximum Gasteiger partial charge on any atom is 0.351 e. The number of fused-ring (bicyclic) bond motifs is 1. The van der Waals surface area contributed by atoms with Crippen LogP contribution in [0.5, 0.6) is 0 Å². The normalized spacial score (nSPS) is 23.6. The van der Waals surface area contributed by atoms with E-state index in [1.54, 1.807) is 24.3 Å². The van der Waals surface area contributed by atoms with Crippen LogP contribution in [0.25, 0.3) is 11.0 Å². The van der Waals surface area contributed by atoms with Crippen molar-refractivity contribution in [2.24, 2.45) is 11.8 Å². The fraction of sp³-hybridized carbons (Fsp3) is 0.476. The molecule has 1 aliphatic carbocycles. The predicted octanol–water partition coefficient (Wildman–Crippen LogP) is 3.28. The number of amides is 1. The molecule has 0 aliphatic heterocycles. The standard InChI is InChI=1S/C21H25NO5/c1-12-7-6-9-17(13(12)2)22-19(23)14(3)26-20(24)16-11-15-8-4-5-10-18(15)27-21(16)25/h4-5,8,10-14,17H,6-7,9H2,1-3H3,(H,22,23)/t12-,13-,14-,17-/m1/s1. The van der Waals surface area contributed by atoms with Gasteiger partial charge in [0.15, 0.2) is 6.10 Å². The Morgan fingerprint density at radius 2 is 1.96 bits per heavy atom. The first-order chi connectivity index (χ1) is 12.9. The van der Waals surface area contributed by atoms with Crippen molar-refractivity contribution in [1.29, 1.82) is 0 Å². The van der Waals surface area contributed by atoms with E-state index in [9.17, 15) is 14.4 Å². The number of carbonyl (C=O) groups is 2. The maximum absolute atomic E-state index is 12.4. The SMILES string of the molecule is C[C@@H]1[C@H](C)CCC[C@H]1NC(=O)[C@@H](C)OC(=O)c1cc2ccccc2oc1=O. The van der Waals surface area contributed by atoms with Crippen LogP contribution in [-0.2, 0) is 9.53 Å². The van der Waals surface area contributed by atoms with E-state index in [1.807, 2.05) is 0 Å². The molecule has 144 valence electrons. The summed E-state index contributed by atoms with van der Waals surface area (Å²) in [6, 6.07) is 8.40. The molecule has 1 heterocycles. The molecule has 2 aromatic rings. The molecule has 1 saturated carbocycles. The van der Waals surface area contributed by atoms with Crippen LogP contribution in [0, 0.1) is 11.8 Å². The minimum absolute atomic E-state index is 0.0770. The minimum Gasteiger partial charge on any atom is -0.449 e. The molecule has 0 saturated heterocycles. The average Bonchev–Trinajstić information content (AvgIpc) is 2.64. The predicted molar refractivity (Wildman–Crippen MR) is 101 cm³/mol. The quantitative estimate of drug-likeness (QED) is 0.658. The molecule has 1 aliphatic rings. The minimum atomic E-state index is -0.993. The third kappa shape index (κ3) is 4.21. The molecule has 0 spiro atoms. The Labute approximate surface area is 157 Å². The summed E-state index contributed by atoms with van der Waals surface area (Å²) in [5.41, 5.74) is -0.598. The van der Waals surface area contributed by atoms with Crippen molar-refractivity contribution in [1.82, 2.24) is 5.32 Å². The lowest BCUT2D eigenvalue weighted by Gasteiger charge is -2.35. The molecule has 0 unspecified atom stereocenters. The van der Waals surface area contributed by atoms with Gasteiger partial charge in [-0.1, -0.05) is 44.9 Å². The van der Waals surface area contributed by atoms with Crippen LogP contribution in [0.1, 0.15) is 50.4 Å². The van der Waals surface area contributed by atoms with Crippen LogP contribution in [-0.4, -0.2) is 24.0 Å². The van der Waals surface area contributed by atoms with Gasteiger partial charge in [0.2, 0.25) is 0 Å². The number of rotatable bonds is 4. The summed E-state index contributed by atoms with van der Waals surface area (Å²) in [6.45, 7) is 5.82. The van der Waals surface area contributed by atoms with E-state index >= 15 is 0 Å². The average molecular weight is 371 g/mol. The zero-order valence-electron chi connectivity index (χ0n) is 15.9. The van der Waals surface area contributed by atoms with Crippen LogP contribution in [0.3, 0.4) is 0 Å². The molecule has 1 N–H and O–H groups in total. The van der Waals surface area contributed by atoms with Gasteiger partial charge in [-0.3, -0.25) is 4.79 Å². The third-order valence-corrected chi connectivity index (χ3v) is 5.55. The molecule has 27 heavy (non-hydrogen) atoms. The Hall–Kier alpha value is -2.63. The highest BCUT2D eigenvalue weighted by atomic mass is 16.5. The van der Waals surface area contributed by atoms with Gasteiger partial charge in [-0.25, -0.2) is 9.59 Å². The summed E-state index contributed by atoms with van der Waals surface area (Å²) in [4.78, 5) is 36.9. The molecule has 6 heteroatoms. The summed E-state index contributed by atoms with van der Waals surface area (Å²) in [5.74, 6) is -0.288. The van der Waals surface area contributed by atoms with E-state index in [4.69, 9.17) is 9.15 Å². The van der Waals surface area contributed by atoms with E-state index < -0.39 is 17.7 Å². The molecular weight excluding hydrogens is 346 g/mol. The molecule has 0 bridgehead atoms. The van der Waals surface area contributed by atoms with Gasteiger partial charge in [-0.15, -0.1) is 0 Å². The Balaban J connectivity index is 1.67. The van der Waals surface area contributed by atoms with Crippen LogP contribution < -0.4 is 10.9 Å². The third-order valence-electron chi connectivity index (χ3n) is 5.55. The molecule has 0 radical (unpaired) electrons. The lowest BCUT2D eigenvalue weighted by molar-refractivity contribution is -0.130. The highest BCUT2D eigenvalue weighted by Gasteiger charge is 2.30. The maximum atomic E-state index is 12.4. The van der Waals surface area contributed by atoms with Crippen molar-refractivity contribution in [3.8, 4) is 0 Å². The largest absolute Gasteiger partial charge is 0.449 e.